The number of hydrogen-bond donors (Lipinski definition) is 1. The average Bonchev–Trinajstić information content (AvgIpc) is 2.99. The molecule has 2 unspecified atom stereocenters. The largest absolute Gasteiger partial charge is 0.328 e. The fraction of sp³-hybridized carbons (Fsp3) is 0.786. The summed E-state index contributed by atoms with van der Waals surface area (Å²) in [6.45, 7) is 0. The lowest BCUT2D eigenvalue weighted by atomic mass is 9.98. The van der Waals surface area contributed by atoms with Crippen LogP contribution in [0, 0.1) is 0 Å². The smallest absolute Gasteiger partial charge is 0.118 e. The summed E-state index contributed by atoms with van der Waals surface area (Å²) in [5.74, 6) is 0. The van der Waals surface area contributed by atoms with E-state index in [1.54, 1.807) is 0 Å². The van der Waals surface area contributed by atoms with Gasteiger partial charge in [0.1, 0.15) is 5.67 Å². The van der Waals surface area contributed by atoms with Gasteiger partial charge in [-0.25, -0.2) is 4.39 Å². The highest BCUT2D eigenvalue weighted by Gasteiger charge is 2.38. The topological polar surface area (TPSA) is 43.8 Å². The molecule has 0 saturated heterocycles. The van der Waals surface area contributed by atoms with Crippen molar-refractivity contribution in [3.63, 3.8) is 0 Å². The number of aromatic nitrogens is 2. The van der Waals surface area contributed by atoms with Crippen LogP contribution in [0.3, 0.4) is 0 Å². The van der Waals surface area contributed by atoms with E-state index < -0.39 is 5.67 Å². The van der Waals surface area contributed by atoms with E-state index in [-0.39, 0.29) is 6.04 Å². The third kappa shape index (κ3) is 2.44. The zero-order chi connectivity index (χ0) is 12.6. The number of hydrogen-bond acceptors (Lipinski definition) is 2. The Kier molecular flexibility index (Phi) is 3.14. The van der Waals surface area contributed by atoms with Crippen molar-refractivity contribution in [3.8, 4) is 0 Å². The summed E-state index contributed by atoms with van der Waals surface area (Å²) < 4.78 is 16.5. The molecule has 3 rings (SSSR count). The predicted molar refractivity (Wildman–Crippen MR) is 69.1 cm³/mol. The fourth-order valence-corrected chi connectivity index (χ4v) is 3.45. The summed E-state index contributed by atoms with van der Waals surface area (Å²) in [7, 11) is 0. The summed E-state index contributed by atoms with van der Waals surface area (Å²) in [6, 6.07) is 2.55. The number of alkyl halides is 1. The van der Waals surface area contributed by atoms with Gasteiger partial charge in [-0.2, -0.15) is 5.10 Å². The van der Waals surface area contributed by atoms with Gasteiger partial charge in [0.05, 0.1) is 11.7 Å². The van der Waals surface area contributed by atoms with Gasteiger partial charge >= 0.3 is 0 Å². The van der Waals surface area contributed by atoms with Crippen LogP contribution in [0.1, 0.15) is 56.7 Å². The van der Waals surface area contributed by atoms with Gasteiger partial charge in [-0.1, -0.05) is 12.8 Å². The monoisotopic (exact) mass is 251 g/mol. The molecule has 0 spiro atoms. The van der Waals surface area contributed by atoms with Crippen LogP contribution in [0.4, 0.5) is 4.39 Å². The van der Waals surface area contributed by atoms with Crippen LogP contribution in [-0.4, -0.2) is 21.5 Å². The van der Waals surface area contributed by atoms with Gasteiger partial charge in [0.2, 0.25) is 0 Å². The molecule has 100 valence electrons. The van der Waals surface area contributed by atoms with Crippen LogP contribution in [-0.2, 0) is 6.42 Å². The zero-order valence-corrected chi connectivity index (χ0v) is 10.8. The Morgan fingerprint density at radius 1 is 1.39 bits per heavy atom. The van der Waals surface area contributed by atoms with Crippen LogP contribution in [0.2, 0.25) is 0 Å². The van der Waals surface area contributed by atoms with E-state index in [1.165, 1.54) is 25.7 Å². The van der Waals surface area contributed by atoms with Gasteiger partial charge in [-0.15, -0.1) is 0 Å². The maximum absolute atomic E-state index is 14.5. The van der Waals surface area contributed by atoms with Crippen molar-refractivity contribution in [2.45, 2.75) is 69.1 Å². The Morgan fingerprint density at radius 3 is 2.83 bits per heavy atom. The molecule has 0 aromatic carbocycles. The summed E-state index contributed by atoms with van der Waals surface area (Å²) in [5.41, 5.74) is 5.57. The van der Waals surface area contributed by atoms with Crippen LogP contribution in [0.25, 0.3) is 0 Å². The molecule has 1 aromatic heterocycles. The Bertz CT molecular complexity index is 411. The van der Waals surface area contributed by atoms with Crippen LogP contribution in [0.15, 0.2) is 12.3 Å². The van der Waals surface area contributed by atoms with Crippen molar-refractivity contribution in [1.29, 1.82) is 0 Å². The number of nitrogens with zero attached hydrogens (tertiary/aromatic N) is 2. The van der Waals surface area contributed by atoms with Crippen molar-refractivity contribution in [2.75, 3.05) is 0 Å². The third-order valence-electron chi connectivity index (χ3n) is 4.45. The Balaban J connectivity index is 1.66. The highest BCUT2D eigenvalue weighted by atomic mass is 19.1. The molecule has 0 radical (unpaired) electrons. The molecule has 1 aromatic rings. The number of halogens is 1. The van der Waals surface area contributed by atoms with E-state index in [0.29, 0.717) is 25.3 Å². The Hall–Kier alpha value is -0.900. The maximum Gasteiger partial charge on any atom is 0.118 e. The number of rotatable bonds is 3. The van der Waals surface area contributed by atoms with Gasteiger partial charge in [0.15, 0.2) is 0 Å². The minimum atomic E-state index is -1.12. The Morgan fingerprint density at radius 2 is 2.17 bits per heavy atom. The second kappa shape index (κ2) is 4.65. The second-order valence-electron chi connectivity index (χ2n) is 6.06. The van der Waals surface area contributed by atoms with Crippen molar-refractivity contribution in [3.05, 3.63) is 18.0 Å². The molecule has 2 fully saturated rings. The van der Waals surface area contributed by atoms with E-state index in [1.807, 2.05) is 16.9 Å². The van der Waals surface area contributed by atoms with Crippen molar-refractivity contribution >= 4 is 0 Å². The molecule has 1 heterocycles. The molecule has 4 heteroatoms. The van der Waals surface area contributed by atoms with E-state index in [9.17, 15) is 4.39 Å². The summed E-state index contributed by atoms with van der Waals surface area (Å²) in [5, 5.41) is 4.56. The number of nitrogens with two attached hydrogens (primary N) is 1. The highest BCUT2D eigenvalue weighted by molar-refractivity contribution is 5.07. The second-order valence-corrected chi connectivity index (χ2v) is 6.06. The van der Waals surface area contributed by atoms with E-state index >= 15 is 0 Å². The summed E-state index contributed by atoms with van der Waals surface area (Å²) in [4.78, 5) is 0. The van der Waals surface area contributed by atoms with Gasteiger partial charge in [0, 0.05) is 18.7 Å². The van der Waals surface area contributed by atoms with E-state index in [4.69, 9.17) is 5.73 Å². The molecule has 0 aliphatic heterocycles. The molecular weight excluding hydrogens is 229 g/mol. The first-order chi connectivity index (χ1) is 8.65. The molecule has 2 saturated carbocycles. The maximum atomic E-state index is 14.5. The minimum Gasteiger partial charge on any atom is -0.328 e. The van der Waals surface area contributed by atoms with Crippen molar-refractivity contribution in [2.24, 2.45) is 5.73 Å². The summed E-state index contributed by atoms with van der Waals surface area (Å²) >= 11 is 0. The molecule has 2 atom stereocenters. The van der Waals surface area contributed by atoms with Gasteiger partial charge < -0.3 is 5.73 Å². The molecular formula is C14H22FN3. The molecule has 2 aliphatic carbocycles. The van der Waals surface area contributed by atoms with E-state index in [2.05, 4.69) is 5.10 Å². The van der Waals surface area contributed by atoms with Gasteiger partial charge in [0.25, 0.3) is 0 Å². The van der Waals surface area contributed by atoms with Crippen molar-refractivity contribution < 1.29 is 4.39 Å². The Labute approximate surface area is 108 Å². The minimum absolute atomic E-state index is 0.0342. The van der Waals surface area contributed by atoms with E-state index in [0.717, 1.165) is 12.1 Å². The normalized spacial score (nSPS) is 33.3. The highest BCUT2D eigenvalue weighted by Crippen LogP contribution is 2.36. The molecule has 0 amide bonds. The standard InChI is InChI=1S/C14H22FN3/c15-14(7-5-11(16)9-14)10-12-6-8-18(17-12)13-3-1-2-4-13/h6,8,11,13H,1-5,7,9-10,16H2. The predicted octanol–water partition coefficient (Wildman–Crippen LogP) is 2.76. The lowest BCUT2D eigenvalue weighted by Gasteiger charge is -2.17. The van der Waals surface area contributed by atoms with Gasteiger partial charge in [-0.05, 0) is 38.2 Å². The van der Waals surface area contributed by atoms with Crippen LogP contribution in [0.5, 0.6) is 0 Å². The molecule has 3 nitrogen and oxygen atoms in total. The first-order valence-electron chi connectivity index (χ1n) is 7.13. The average molecular weight is 251 g/mol. The first kappa shape index (κ1) is 12.2. The molecule has 2 aliphatic rings. The quantitative estimate of drug-likeness (QED) is 0.897. The van der Waals surface area contributed by atoms with Crippen LogP contribution >= 0.6 is 0 Å². The lowest BCUT2D eigenvalue weighted by Crippen LogP contribution is -2.26. The summed E-state index contributed by atoms with van der Waals surface area (Å²) in [6.07, 6.45) is 9.35. The molecule has 18 heavy (non-hydrogen) atoms. The third-order valence-corrected chi connectivity index (χ3v) is 4.45. The molecule has 2 N–H and O–H groups in total. The lowest BCUT2D eigenvalue weighted by molar-refractivity contribution is 0.168. The first-order valence-corrected chi connectivity index (χ1v) is 7.13. The molecule has 0 bridgehead atoms. The fourth-order valence-electron chi connectivity index (χ4n) is 3.45. The SMILES string of the molecule is NC1CCC(F)(Cc2ccn(C3CCCC3)n2)C1. The van der Waals surface area contributed by atoms with Crippen LogP contribution < -0.4 is 5.73 Å². The zero-order valence-electron chi connectivity index (χ0n) is 10.8. The van der Waals surface area contributed by atoms with Crippen molar-refractivity contribution in [1.82, 2.24) is 9.78 Å². The van der Waals surface area contributed by atoms with Gasteiger partial charge in [-0.3, -0.25) is 4.68 Å².